The first-order valence-corrected chi connectivity index (χ1v) is 7.01. The highest BCUT2D eigenvalue weighted by molar-refractivity contribution is 7.11. The molecule has 0 aliphatic carbocycles. The molecular weight excluding hydrogens is 250 g/mol. The van der Waals surface area contributed by atoms with Crippen molar-refractivity contribution in [2.45, 2.75) is 33.8 Å². The third-order valence-electron chi connectivity index (χ3n) is 2.01. The number of nitrogens with one attached hydrogen (secondary N) is 1. The number of hydrogen-bond acceptors (Lipinski definition) is 6. The van der Waals surface area contributed by atoms with E-state index in [9.17, 15) is 0 Å². The zero-order chi connectivity index (χ0) is 13.5. The molecule has 0 atom stereocenters. The number of rotatable bonds is 8. The third-order valence-corrected chi connectivity index (χ3v) is 2.81. The Morgan fingerprint density at radius 1 is 1.33 bits per heavy atom. The Hall–Kier alpha value is -1.01. The van der Waals surface area contributed by atoms with Crippen molar-refractivity contribution in [2.24, 2.45) is 5.92 Å². The number of hydrogen-bond donors (Lipinski definition) is 2. The Bertz CT molecular complexity index is 353. The highest BCUT2D eigenvalue weighted by atomic mass is 32.1. The number of ether oxygens (including phenoxy) is 2. The molecule has 0 saturated heterocycles. The molecule has 1 aromatic rings. The summed E-state index contributed by atoms with van der Waals surface area (Å²) in [5.74, 6) is 1.65. The minimum absolute atomic E-state index is 0.0847. The second-order valence-corrected chi connectivity index (χ2v) is 5.56. The summed E-state index contributed by atoms with van der Waals surface area (Å²) in [4.78, 5) is 0. The zero-order valence-electron chi connectivity index (χ0n) is 11.5. The fourth-order valence-corrected chi connectivity index (χ4v) is 1.99. The van der Waals surface area contributed by atoms with Crippen LogP contribution in [-0.2, 0) is 4.74 Å². The van der Waals surface area contributed by atoms with Crippen LogP contribution in [0.2, 0.25) is 0 Å². The molecule has 0 aromatic carbocycles. The topological polar surface area (TPSA) is 69.4 Å². The molecule has 0 aliphatic heterocycles. The maximum atomic E-state index is 5.76. The van der Waals surface area contributed by atoms with Crippen LogP contribution in [0.5, 0.6) is 5.75 Å². The van der Waals surface area contributed by atoms with E-state index in [-0.39, 0.29) is 6.10 Å². The van der Waals surface area contributed by atoms with Crippen molar-refractivity contribution in [1.82, 2.24) is 4.37 Å². The van der Waals surface area contributed by atoms with Gasteiger partial charge in [-0.2, -0.15) is 4.37 Å². The van der Waals surface area contributed by atoms with Crippen molar-refractivity contribution in [3.05, 3.63) is 0 Å². The van der Waals surface area contributed by atoms with E-state index in [1.807, 2.05) is 13.8 Å². The predicted molar refractivity (Wildman–Crippen MR) is 76.4 cm³/mol. The van der Waals surface area contributed by atoms with Gasteiger partial charge in [-0.3, -0.25) is 0 Å². The summed E-state index contributed by atoms with van der Waals surface area (Å²) in [5.41, 5.74) is 5.76. The summed E-state index contributed by atoms with van der Waals surface area (Å²) >= 11 is 1.32. The quantitative estimate of drug-likeness (QED) is 0.712. The summed E-state index contributed by atoms with van der Waals surface area (Å²) in [6.45, 7) is 10.4. The molecule has 1 rings (SSSR count). The first kappa shape index (κ1) is 15.0. The summed E-state index contributed by atoms with van der Waals surface area (Å²) < 4.78 is 15.2. The average Bonchev–Trinajstić information content (AvgIpc) is 2.60. The molecule has 3 N–H and O–H groups in total. The van der Waals surface area contributed by atoms with Crippen molar-refractivity contribution in [1.29, 1.82) is 0 Å². The van der Waals surface area contributed by atoms with Gasteiger partial charge in [0.25, 0.3) is 0 Å². The molecule has 1 aromatic heterocycles. The molecule has 0 unspecified atom stereocenters. The highest BCUT2D eigenvalue weighted by Gasteiger charge is 2.13. The van der Waals surface area contributed by atoms with E-state index in [1.165, 1.54) is 11.5 Å². The Balaban J connectivity index is 2.37. The van der Waals surface area contributed by atoms with Crippen LogP contribution in [0, 0.1) is 5.92 Å². The zero-order valence-corrected chi connectivity index (χ0v) is 12.3. The molecule has 18 heavy (non-hydrogen) atoms. The Morgan fingerprint density at radius 2 is 2.06 bits per heavy atom. The molecule has 0 radical (unpaired) electrons. The normalized spacial score (nSPS) is 11.2. The summed E-state index contributed by atoms with van der Waals surface area (Å²) in [6.07, 6.45) is 0.0847. The standard InChI is InChI=1S/C12H23N3O2S/c1-8(2)7-16-6-5-14-12-10(17-9(3)4)11(13)15-18-12/h8-9,14H,5-7H2,1-4H3,(H2,13,15). The molecule has 0 amide bonds. The minimum atomic E-state index is 0.0847. The van der Waals surface area contributed by atoms with Gasteiger partial charge in [0.05, 0.1) is 12.7 Å². The molecule has 0 saturated carbocycles. The van der Waals surface area contributed by atoms with Gasteiger partial charge in [-0.25, -0.2) is 0 Å². The largest absolute Gasteiger partial charge is 0.484 e. The number of anilines is 2. The predicted octanol–water partition coefficient (Wildman–Crippen LogP) is 2.60. The summed E-state index contributed by atoms with van der Waals surface area (Å²) in [6, 6.07) is 0. The Morgan fingerprint density at radius 3 is 2.67 bits per heavy atom. The number of nitrogens with zero attached hydrogens (tertiary/aromatic N) is 1. The molecular formula is C12H23N3O2S. The van der Waals surface area contributed by atoms with Crippen LogP contribution in [0.15, 0.2) is 0 Å². The number of nitrogen functional groups attached to an aromatic ring is 1. The molecule has 0 fully saturated rings. The van der Waals surface area contributed by atoms with Crippen LogP contribution < -0.4 is 15.8 Å². The smallest absolute Gasteiger partial charge is 0.197 e. The first-order valence-electron chi connectivity index (χ1n) is 6.24. The van der Waals surface area contributed by atoms with Crippen LogP contribution >= 0.6 is 11.5 Å². The van der Waals surface area contributed by atoms with Gasteiger partial charge in [0, 0.05) is 13.2 Å². The molecule has 104 valence electrons. The van der Waals surface area contributed by atoms with E-state index in [0.717, 1.165) is 18.2 Å². The highest BCUT2D eigenvalue weighted by Crippen LogP contribution is 2.35. The van der Waals surface area contributed by atoms with Gasteiger partial charge >= 0.3 is 0 Å². The van der Waals surface area contributed by atoms with E-state index in [1.54, 1.807) is 0 Å². The SMILES string of the molecule is CC(C)COCCNc1snc(N)c1OC(C)C. The van der Waals surface area contributed by atoms with Gasteiger partial charge in [-0.05, 0) is 31.3 Å². The monoisotopic (exact) mass is 273 g/mol. The van der Waals surface area contributed by atoms with Crippen molar-refractivity contribution in [3.63, 3.8) is 0 Å². The summed E-state index contributed by atoms with van der Waals surface area (Å²) in [5, 5.41) is 4.11. The van der Waals surface area contributed by atoms with Crippen molar-refractivity contribution in [3.8, 4) is 5.75 Å². The number of aromatic nitrogens is 1. The molecule has 0 bridgehead atoms. The Kier molecular flexibility index (Phi) is 6.21. The van der Waals surface area contributed by atoms with Crippen molar-refractivity contribution in [2.75, 3.05) is 30.8 Å². The molecule has 1 heterocycles. The van der Waals surface area contributed by atoms with Crippen LogP contribution in [0.4, 0.5) is 10.8 Å². The minimum Gasteiger partial charge on any atom is -0.484 e. The second kappa shape index (κ2) is 7.43. The first-order chi connectivity index (χ1) is 8.50. The van der Waals surface area contributed by atoms with Crippen molar-refractivity contribution >= 4 is 22.4 Å². The van der Waals surface area contributed by atoms with E-state index in [4.69, 9.17) is 15.2 Å². The van der Waals surface area contributed by atoms with Gasteiger partial charge in [-0.1, -0.05) is 13.8 Å². The maximum absolute atomic E-state index is 5.76. The molecule has 0 aliphatic rings. The van der Waals surface area contributed by atoms with Gasteiger partial charge < -0.3 is 20.5 Å². The molecule has 5 nitrogen and oxygen atoms in total. The van der Waals surface area contributed by atoms with E-state index in [0.29, 0.717) is 24.1 Å². The van der Waals surface area contributed by atoms with Crippen LogP contribution in [0.3, 0.4) is 0 Å². The van der Waals surface area contributed by atoms with Gasteiger partial charge in [0.2, 0.25) is 0 Å². The fraction of sp³-hybridized carbons (Fsp3) is 0.750. The van der Waals surface area contributed by atoms with Crippen LogP contribution in [0.25, 0.3) is 0 Å². The Labute approximate surface area is 113 Å². The lowest BCUT2D eigenvalue weighted by atomic mass is 10.2. The van der Waals surface area contributed by atoms with Gasteiger partial charge in [-0.15, -0.1) is 0 Å². The van der Waals surface area contributed by atoms with Gasteiger partial charge in [0.1, 0.15) is 0 Å². The lowest BCUT2D eigenvalue weighted by Crippen LogP contribution is -2.13. The molecule has 0 spiro atoms. The summed E-state index contributed by atoms with van der Waals surface area (Å²) in [7, 11) is 0. The fourth-order valence-electron chi connectivity index (χ4n) is 1.31. The van der Waals surface area contributed by atoms with E-state index in [2.05, 4.69) is 23.5 Å². The van der Waals surface area contributed by atoms with Crippen LogP contribution in [0.1, 0.15) is 27.7 Å². The lowest BCUT2D eigenvalue weighted by Gasteiger charge is -2.12. The third kappa shape index (κ3) is 5.10. The van der Waals surface area contributed by atoms with Gasteiger partial charge in [0.15, 0.2) is 16.6 Å². The average molecular weight is 273 g/mol. The maximum Gasteiger partial charge on any atom is 0.197 e. The van der Waals surface area contributed by atoms with Crippen molar-refractivity contribution < 1.29 is 9.47 Å². The van der Waals surface area contributed by atoms with Crippen LogP contribution in [-0.4, -0.2) is 30.2 Å². The lowest BCUT2D eigenvalue weighted by molar-refractivity contribution is 0.118. The van der Waals surface area contributed by atoms with E-state index >= 15 is 0 Å². The second-order valence-electron chi connectivity index (χ2n) is 4.79. The number of nitrogens with two attached hydrogens (primary N) is 1. The van der Waals surface area contributed by atoms with E-state index < -0.39 is 0 Å². The molecule has 6 heteroatoms.